The zero-order valence-electron chi connectivity index (χ0n) is 35.6. The molecule has 12 N–H and O–H groups in total. The zero-order chi connectivity index (χ0) is 48.8. The zero-order valence-corrected chi connectivity index (χ0v) is 38.1. The number of carboxylic acids is 1. The summed E-state index contributed by atoms with van der Waals surface area (Å²) in [5, 5.41) is 116. The molecule has 15 atom stereocenters. The number of rotatable bonds is 22. The monoisotopic (exact) mass is 996 g/mol. The fourth-order valence-corrected chi connectivity index (χ4v) is 10.7. The molecule has 2 heterocycles. The fourth-order valence-electron chi connectivity index (χ4n) is 7.15. The van der Waals surface area contributed by atoms with Crippen LogP contribution in [0.2, 0.25) is 0 Å². The van der Waals surface area contributed by atoms with E-state index < -0.39 is 144 Å². The molecule has 0 radical (unpaired) electrons. The number of ether oxygens (including phenoxy) is 4. The van der Waals surface area contributed by atoms with Gasteiger partial charge in [-0.05, 0) is 31.2 Å². The third kappa shape index (κ3) is 12.5. The van der Waals surface area contributed by atoms with Gasteiger partial charge in [-0.2, -0.15) is 24.9 Å². The Morgan fingerprint density at radius 3 is 2.02 bits per heavy atom. The second-order valence-corrected chi connectivity index (χ2v) is 20.2. The highest BCUT2D eigenvalue weighted by molar-refractivity contribution is 7.99. The van der Waals surface area contributed by atoms with Gasteiger partial charge < -0.3 is 80.0 Å². The molecule has 0 spiro atoms. The summed E-state index contributed by atoms with van der Waals surface area (Å²) in [6.45, 7) is -1.47. The second-order valence-electron chi connectivity index (χ2n) is 15.9. The Balaban J connectivity index is 1.34. The van der Waals surface area contributed by atoms with E-state index in [4.69, 9.17) is 23.1 Å². The Kier molecular flexibility index (Phi) is 18.7. The molecule has 3 aromatic rings. The lowest BCUT2D eigenvalue weighted by Crippen LogP contribution is -2.65. The summed E-state index contributed by atoms with van der Waals surface area (Å²) >= 11 is 0.767. The maximum Gasteiger partial charge on any atom is 0.322 e. The number of aliphatic hydroxyl groups is 10. The van der Waals surface area contributed by atoms with Crippen molar-refractivity contribution in [3.63, 3.8) is 0 Å². The van der Waals surface area contributed by atoms with Crippen molar-refractivity contribution < 1.29 is 101 Å². The second kappa shape index (κ2) is 22.9. The average Bonchev–Trinajstić information content (AvgIpc) is 3.28. The maximum absolute atomic E-state index is 13.6. The van der Waals surface area contributed by atoms with Gasteiger partial charge in [0.1, 0.15) is 73.2 Å². The number of benzene rings is 3. The number of aryl methyl sites for hydroxylation is 1. The van der Waals surface area contributed by atoms with Crippen molar-refractivity contribution in [1.29, 1.82) is 0 Å². The molecule has 66 heavy (non-hydrogen) atoms. The van der Waals surface area contributed by atoms with E-state index in [0.29, 0.717) is 22.0 Å². The Morgan fingerprint density at radius 1 is 0.788 bits per heavy atom. The molecule has 26 heteroatoms. The summed E-state index contributed by atoms with van der Waals surface area (Å²) < 4.78 is 83.9. The topological polar surface area (TPSA) is 369 Å². The van der Waals surface area contributed by atoms with Crippen molar-refractivity contribution in [3.05, 3.63) is 66.2 Å². The lowest BCUT2D eigenvalue weighted by molar-refractivity contribution is -0.364. The minimum Gasteiger partial charge on any atom is -0.480 e. The first kappa shape index (κ1) is 53.8. The summed E-state index contributed by atoms with van der Waals surface area (Å²) in [7, 11) is -5.49. The molecule has 3 aromatic carbocycles. The van der Waals surface area contributed by atoms with Crippen LogP contribution in [0.15, 0.2) is 70.5 Å². The molecule has 370 valence electrons. The smallest absolute Gasteiger partial charge is 0.322 e. The molecular formula is C40H56N2O21S3. The highest BCUT2D eigenvalue weighted by Gasteiger charge is 2.52. The number of nitrogens with one attached hydrogen (secondary N) is 1. The number of anilines is 1. The van der Waals surface area contributed by atoms with Gasteiger partial charge in [0.15, 0.2) is 12.6 Å². The standard InChI is InChI=1S/C40H56N2O21S3/c1-19-10-12-20(13-11-19)66(57,58)59-16-27-37(33(50)35(52)40(60-27)62-36(26(46)15-44)30(47)25(45)14-43)63-39-34(51)32(49)31(48)28(61-39)18-64-17-23(38(53)54)41-65(55,56)29-9-5-6-21-22(29)7-4-8-24(21)42(2)3/h4-13,23,25-28,30-37,39-41,43-52H,14-18H2,1-3H3,(H,53,54)/t23-,25-,26+,27+,28+,30+,31+,32-,33+,34+,35+,36+,37+,39+,40+/m0/s1. The van der Waals surface area contributed by atoms with Crippen LogP contribution in [0.4, 0.5) is 5.69 Å². The Morgan fingerprint density at radius 2 is 1.39 bits per heavy atom. The van der Waals surface area contributed by atoms with Crippen LogP contribution < -0.4 is 9.62 Å². The maximum atomic E-state index is 13.6. The number of carboxylic acid groups (broad SMARTS) is 1. The van der Waals surface area contributed by atoms with Crippen molar-refractivity contribution in [2.75, 3.05) is 50.3 Å². The highest BCUT2D eigenvalue weighted by atomic mass is 32.2. The summed E-state index contributed by atoms with van der Waals surface area (Å²) in [6.07, 6.45) is -28.0. The first-order valence-electron chi connectivity index (χ1n) is 20.3. The third-order valence-corrected chi connectivity index (χ3v) is 14.8. The van der Waals surface area contributed by atoms with Gasteiger partial charge in [0.25, 0.3) is 10.1 Å². The molecule has 2 aliphatic heterocycles. The SMILES string of the molecule is Cc1ccc(S(=O)(=O)OC[C@H]2O[C@H](O[C@@H]([C@H](O)[C@@H](O)CO)[C@H](O)CO)[C@H](O)[C@@H](O)[C@@H]2O[C@H]2O[C@H](CSC[C@H](NS(=O)(=O)c3cccc4c(N(C)C)cccc34)C(=O)O)[C@@H](O)[C@H](O)[C@H]2O)cc1. The first-order chi connectivity index (χ1) is 31.0. The molecular weight excluding hydrogens is 941 g/mol. The molecule has 2 fully saturated rings. The summed E-state index contributed by atoms with van der Waals surface area (Å²) in [5.74, 6) is -2.37. The predicted octanol–water partition coefficient (Wildman–Crippen LogP) is -3.82. The number of nitrogens with zero attached hydrogens (tertiary/aromatic N) is 1. The molecule has 0 bridgehead atoms. The van der Waals surface area contributed by atoms with E-state index in [2.05, 4.69) is 4.72 Å². The molecule has 2 saturated heterocycles. The Bertz CT molecular complexity index is 2290. The van der Waals surface area contributed by atoms with E-state index in [-0.39, 0.29) is 15.5 Å². The number of carbonyl (C=O) groups is 1. The quantitative estimate of drug-likeness (QED) is 0.0429. The molecule has 0 saturated carbocycles. The van der Waals surface area contributed by atoms with Crippen LogP contribution in [0, 0.1) is 6.92 Å². The lowest BCUT2D eigenvalue weighted by Gasteiger charge is -2.47. The van der Waals surface area contributed by atoms with Crippen molar-refractivity contribution >= 4 is 54.3 Å². The van der Waals surface area contributed by atoms with Crippen LogP contribution in [-0.4, -0.2) is 216 Å². The summed E-state index contributed by atoms with van der Waals surface area (Å²) in [5.41, 5.74) is 1.42. The number of fused-ring (bicyclic) bond motifs is 1. The van der Waals surface area contributed by atoms with Gasteiger partial charge in [0, 0.05) is 42.1 Å². The van der Waals surface area contributed by atoms with Crippen molar-refractivity contribution in [2.45, 2.75) is 109 Å². The lowest BCUT2D eigenvalue weighted by atomic mass is 9.97. The van der Waals surface area contributed by atoms with Crippen LogP contribution in [-0.2, 0) is 48.1 Å². The van der Waals surface area contributed by atoms with Gasteiger partial charge in [0.05, 0.1) is 35.7 Å². The van der Waals surface area contributed by atoms with Gasteiger partial charge in [-0.25, -0.2) is 8.42 Å². The molecule has 5 rings (SSSR count). The van der Waals surface area contributed by atoms with E-state index >= 15 is 0 Å². The van der Waals surface area contributed by atoms with Gasteiger partial charge >= 0.3 is 5.97 Å². The highest BCUT2D eigenvalue weighted by Crippen LogP contribution is 2.34. The van der Waals surface area contributed by atoms with Gasteiger partial charge in [-0.1, -0.05) is 42.0 Å². The fraction of sp³-hybridized carbons (Fsp3) is 0.575. The molecule has 0 aliphatic carbocycles. The van der Waals surface area contributed by atoms with Crippen molar-refractivity contribution in [3.8, 4) is 0 Å². The number of aliphatic hydroxyl groups excluding tert-OH is 10. The van der Waals surface area contributed by atoms with E-state index in [1.54, 1.807) is 50.2 Å². The van der Waals surface area contributed by atoms with E-state index in [0.717, 1.165) is 11.8 Å². The molecule has 0 unspecified atom stereocenters. The normalized spacial score (nSPS) is 28.6. The van der Waals surface area contributed by atoms with Crippen LogP contribution in [0.1, 0.15) is 5.56 Å². The van der Waals surface area contributed by atoms with E-state index in [1.165, 1.54) is 36.4 Å². The minimum absolute atomic E-state index is 0.183. The summed E-state index contributed by atoms with van der Waals surface area (Å²) in [4.78, 5) is 13.6. The van der Waals surface area contributed by atoms with Gasteiger partial charge in [0.2, 0.25) is 10.0 Å². The van der Waals surface area contributed by atoms with Crippen LogP contribution >= 0.6 is 11.8 Å². The Hall–Kier alpha value is -3.20. The van der Waals surface area contributed by atoms with Gasteiger partial charge in [-0.3, -0.25) is 8.98 Å². The summed E-state index contributed by atoms with van der Waals surface area (Å²) in [6, 6.07) is 13.3. The molecule has 23 nitrogen and oxygen atoms in total. The largest absolute Gasteiger partial charge is 0.480 e. The number of hydrogen-bond acceptors (Lipinski definition) is 22. The van der Waals surface area contributed by atoms with Crippen LogP contribution in [0.5, 0.6) is 0 Å². The van der Waals surface area contributed by atoms with Crippen LogP contribution in [0.3, 0.4) is 0 Å². The first-order valence-corrected chi connectivity index (χ1v) is 24.3. The number of sulfonamides is 1. The Labute approximate surface area is 383 Å². The number of aliphatic carboxylic acids is 1. The molecule has 0 amide bonds. The predicted molar refractivity (Wildman–Crippen MR) is 231 cm³/mol. The number of thioether (sulfide) groups is 1. The average molecular weight is 997 g/mol. The van der Waals surface area contributed by atoms with E-state index in [1.807, 2.05) is 0 Å². The molecule has 0 aromatic heterocycles. The van der Waals surface area contributed by atoms with Gasteiger partial charge in [-0.15, -0.1) is 0 Å². The van der Waals surface area contributed by atoms with Crippen molar-refractivity contribution in [2.24, 2.45) is 0 Å². The number of hydrogen-bond donors (Lipinski definition) is 12. The molecule has 2 aliphatic rings. The van der Waals surface area contributed by atoms with Crippen LogP contribution in [0.25, 0.3) is 10.8 Å². The van der Waals surface area contributed by atoms with E-state index in [9.17, 15) is 77.8 Å². The van der Waals surface area contributed by atoms with Crippen molar-refractivity contribution in [1.82, 2.24) is 4.72 Å². The third-order valence-electron chi connectivity index (χ3n) is 10.9. The minimum atomic E-state index is -4.59.